The number of anilines is 2. The van der Waals surface area contributed by atoms with E-state index in [1.54, 1.807) is 31.2 Å². The molecule has 2 N–H and O–H groups in total. The average Bonchev–Trinajstić information content (AvgIpc) is 3.18. The molecule has 184 valence electrons. The highest BCUT2D eigenvalue weighted by Gasteiger charge is 2.28. The molecule has 35 heavy (non-hydrogen) atoms. The molecular weight excluding hydrogens is 508 g/mol. The van der Waals surface area contributed by atoms with Crippen molar-refractivity contribution >= 4 is 55.5 Å². The first-order valence-corrected chi connectivity index (χ1v) is 13.9. The van der Waals surface area contributed by atoms with Gasteiger partial charge in [-0.1, -0.05) is 29.3 Å². The maximum atomic E-state index is 13.1. The van der Waals surface area contributed by atoms with Crippen LogP contribution in [0.25, 0.3) is 0 Å². The smallest absolute Gasteiger partial charge is 0.341 e. The molecule has 0 unspecified atom stereocenters. The topological polar surface area (TPSA) is 102 Å². The molecule has 1 amide bonds. The van der Waals surface area contributed by atoms with E-state index in [-0.39, 0.29) is 22.1 Å². The van der Waals surface area contributed by atoms with Crippen molar-refractivity contribution in [2.75, 3.05) is 16.6 Å². The third-order valence-corrected chi connectivity index (χ3v) is 8.73. The van der Waals surface area contributed by atoms with Crippen LogP contribution in [0.1, 0.15) is 56.5 Å². The fraction of sp³-hybridized carbons (Fsp3) is 0.280. The molecule has 10 heteroatoms. The Morgan fingerprint density at radius 3 is 2.51 bits per heavy atom. The normalized spacial score (nSPS) is 13.1. The minimum Gasteiger partial charge on any atom is -0.462 e. The van der Waals surface area contributed by atoms with Crippen LogP contribution in [0, 0.1) is 6.92 Å². The fourth-order valence-electron chi connectivity index (χ4n) is 3.93. The lowest BCUT2D eigenvalue weighted by Gasteiger charge is -2.13. The van der Waals surface area contributed by atoms with Crippen LogP contribution >= 0.6 is 22.9 Å². The van der Waals surface area contributed by atoms with E-state index in [9.17, 15) is 18.0 Å². The van der Waals surface area contributed by atoms with Gasteiger partial charge >= 0.3 is 5.97 Å². The number of benzene rings is 2. The molecule has 4 rings (SSSR count). The van der Waals surface area contributed by atoms with E-state index < -0.39 is 21.9 Å². The van der Waals surface area contributed by atoms with Gasteiger partial charge in [0.25, 0.3) is 15.9 Å². The maximum absolute atomic E-state index is 13.1. The second kappa shape index (κ2) is 10.4. The largest absolute Gasteiger partial charge is 0.462 e. The summed E-state index contributed by atoms with van der Waals surface area (Å²) >= 11 is 7.56. The summed E-state index contributed by atoms with van der Waals surface area (Å²) in [7, 11) is -4.05. The van der Waals surface area contributed by atoms with Gasteiger partial charge in [0.15, 0.2) is 0 Å². The molecule has 0 spiro atoms. The van der Waals surface area contributed by atoms with Gasteiger partial charge in [0.1, 0.15) is 9.90 Å². The molecule has 7 nitrogen and oxygen atoms in total. The summed E-state index contributed by atoms with van der Waals surface area (Å²) in [5.74, 6) is -1.01. The summed E-state index contributed by atoms with van der Waals surface area (Å²) in [5.41, 5.74) is 2.78. The van der Waals surface area contributed by atoms with Crippen molar-refractivity contribution in [2.45, 2.75) is 44.4 Å². The molecule has 0 radical (unpaired) electrons. The Hall–Kier alpha value is -2.88. The zero-order valence-electron chi connectivity index (χ0n) is 19.3. The molecule has 1 aromatic heterocycles. The Balaban J connectivity index is 1.63. The van der Waals surface area contributed by atoms with Crippen LogP contribution in [0.2, 0.25) is 5.02 Å². The molecule has 1 aliphatic carbocycles. The van der Waals surface area contributed by atoms with Crippen LogP contribution in [0.5, 0.6) is 0 Å². The highest BCUT2D eigenvalue weighted by atomic mass is 35.5. The minimum atomic E-state index is -4.05. The Labute approximate surface area is 213 Å². The molecule has 0 aliphatic heterocycles. The SMILES string of the molecule is CCOC(=O)c1c(NC(=O)c2ccc(Cl)c(S(=O)(=O)Nc3ccc(C)cc3)c2)sc2c1CCCC2. The Bertz CT molecular complexity index is 1380. The van der Waals surface area contributed by atoms with E-state index in [1.807, 2.05) is 6.92 Å². The molecule has 0 atom stereocenters. The number of sulfonamides is 1. The predicted octanol–water partition coefficient (Wildman–Crippen LogP) is 5.82. The Kier molecular flexibility index (Phi) is 7.49. The summed E-state index contributed by atoms with van der Waals surface area (Å²) in [4.78, 5) is 26.6. The first kappa shape index (κ1) is 25.2. The van der Waals surface area contributed by atoms with E-state index in [2.05, 4.69) is 10.0 Å². The number of ether oxygens (including phenoxy) is 1. The van der Waals surface area contributed by atoms with Gasteiger partial charge in [-0.15, -0.1) is 11.3 Å². The first-order chi connectivity index (χ1) is 16.7. The summed E-state index contributed by atoms with van der Waals surface area (Å²) in [6.07, 6.45) is 3.59. The van der Waals surface area contributed by atoms with Crippen LogP contribution in [0.3, 0.4) is 0 Å². The number of aryl methyl sites for hydroxylation is 2. The molecule has 1 heterocycles. The Morgan fingerprint density at radius 2 is 1.80 bits per heavy atom. The zero-order valence-corrected chi connectivity index (χ0v) is 21.7. The number of rotatable bonds is 7. The van der Waals surface area contributed by atoms with E-state index in [4.69, 9.17) is 16.3 Å². The summed E-state index contributed by atoms with van der Waals surface area (Å²) in [6.45, 7) is 3.85. The van der Waals surface area contributed by atoms with Gasteiger partial charge < -0.3 is 10.1 Å². The lowest BCUT2D eigenvalue weighted by Crippen LogP contribution is -2.17. The monoisotopic (exact) mass is 532 g/mol. The number of carbonyl (C=O) groups is 2. The number of esters is 1. The van der Waals surface area contributed by atoms with Gasteiger partial charge in [-0.3, -0.25) is 9.52 Å². The van der Waals surface area contributed by atoms with Crippen LogP contribution in [0.4, 0.5) is 10.7 Å². The average molecular weight is 533 g/mol. The molecular formula is C25H25ClN2O5S2. The van der Waals surface area contributed by atoms with Gasteiger partial charge in [0.05, 0.1) is 17.2 Å². The number of amides is 1. The molecule has 0 fully saturated rings. The van der Waals surface area contributed by atoms with Gasteiger partial charge in [0, 0.05) is 16.1 Å². The van der Waals surface area contributed by atoms with E-state index in [0.717, 1.165) is 41.7 Å². The molecule has 3 aromatic rings. The highest BCUT2D eigenvalue weighted by molar-refractivity contribution is 7.92. The van der Waals surface area contributed by atoms with Crippen molar-refractivity contribution in [2.24, 2.45) is 0 Å². The number of hydrogen-bond donors (Lipinski definition) is 2. The lowest BCUT2D eigenvalue weighted by atomic mass is 9.95. The quantitative estimate of drug-likeness (QED) is 0.373. The number of carbonyl (C=O) groups excluding carboxylic acids is 2. The van der Waals surface area contributed by atoms with Crippen LogP contribution in [-0.2, 0) is 27.6 Å². The summed E-state index contributed by atoms with van der Waals surface area (Å²) in [6, 6.07) is 10.9. The standard InChI is InChI=1S/C25H25ClN2O5S2/c1-3-33-25(30)22-18-6-4-5-7-20(18)34-24(22)27-23(29)16-10-13-19(26)21(14-16)35(31,32)28-17-11-8-15(2)9-12-17/h8-14,28H,3-7H2,1-2H3,(H,27,29). The number of nitrogens with one attached hydrogen (secondary N) is 2. The highest BCUT2D eigenvalue weighted by Crippen LogP contribution is 2.39. The second-order valence-corrected chi connectivity index (χ2v) is 11.4. The third-order valence-electron chi connectivity index (χ3n) is 5.66. The number of halogens is 1. The second-order valence-electron chi connectivity index (χ2n) is 8.21. The third kappa shape index (κ3) is 5.52. The van der Waals surface area contributed by atoms with Crippen LogP contribution < -0.4 is 10.0 Å². The van der Waals surface area contributed by atoms with Crippen molar-refractivity contribution in [1.29, 1.82) is 0 Å². The van der Waals surface area contributed by atoms with Gasteiger partial charge in [0.2, 0.25) is 0 Å². The molecule has 0 saturated carbocycles. The lowest BCUT2D eigenvalue weighted by molar-refractivity contribution is 0.0526. The van der Waals surface area contributed by atoms with E-state index in [0.29, 0.717) is 16.3 Å². The number of thiophene rings is 1. The fourth-order valence-corrected chi connectivity index (χ4v) is 6.79. The van der Waals surface area contributed by atoms with Crippen molar-refractivity contribution in [3.8, 4) is 0 Å². The molecule has 2 aromatic carbocycles. The van der Waals surface area contributed by atoms with E-state index >= 15 is 0 Å². The maximum Gasteiger partial charge on any atom is 0.341 e. The molecule has 1 aliphatic rings. The van der Waals surface area contributed by atoms with Crippen molar-refractivity contribution in [3.05, 3.63) is 74.6 Å². The van der Waals surface area contributed by atoms with Crippen LogP contribution in [0.15, 0.2) is 47.4 Å². The van der Waals surface area contributed by atoms with Crippen LogP contribution in [-0.4, -0.2) is 26.9 Å². The summed E-state index contributed by atoms with van der Waals surface area (Å²) < 4.78 is 33.7. The van der Waals surface area contributed by atoms with Crippen molar-refractivity contribution in [3.63, 3.8) is 0 Å². The molecule has 0 saturated heterocycles. The van der Waals surface area contributed by atoms with Gasteiger partial charge in [-0.25, -0.2) is 13.2 Å². The zero-order chi connectivity index (χ0) is 25.2. The minimum absolute atomic E-state index is 0.0139. The summed E-state index contributed by atoms with van der Waals surface area (Å²) in [5, 5.41) is 3.20. The van der Waals surface area contributed by atoms with Crippen molar-refractivity contribution in [1.82, 2.24) is 0 Å². The number of fused-ring (bicyclic) bond motifs is 1. The Morgan fingerprint density at radius 1 is 1.09 bits per heavy atom. The predicted molar refractivity (Wildman–Crippen MR) is 138 cm³/mol. The molecule has 0 bridgehead atoms. The van der Waals surface area contributed by atoms with Crippen molar-refractivity contribution < 1.29 is 22.7 Å². The van der Waals surface area contributed by atoms with Gasteiger partial charge in [-0.05, 0) is 75.4 Å². The number of hydrogen-bond acceptors (Lipinski definition) is 6. The van der Waals surface area contributed by atoms with E-state index in [1.165, 1.54) is 29.5 Å². The van der Waals surface area contributed by atoms with Gasteiger partial charge in [-0.2, -0.15) is 0 Å². The first-order valence-electron chi connectivity index (χ1n) is 11.2.